The molecular weight excluding hydrogens is 701 g/mol. The van der Waals surface area contributed by atoms with Crippen molar-refractivity contribution in [3.05, 3.63) is 231 Å². The summed E-state index contributed by atoms with van der Waals surface area (Å²) in [6.07, 6.45) is 0. The molecule has 0 unspecified atom stereocenters. The lowest BCUT2D eigenvalue weighted by atomic mass is 9.95. The van der Waals surface area contributed by atoms with Crippen LogP contribution in [0.1, 0.15) is 0 Å². The van der Waals surface area contributed by atoms with Gasteiger partial charge in [0.15, 0.2) is 0 Å². The van der Waals surface area contributed by atoms with Crippen LogP contribution in [0.2, 0.25) is 0 Å². The van der Waals surface area contributed by atoms with Gasteiger partial charge in [-0.2, -0.15) is 0 Å². The Morgan fingerprint density at radius 1 is 0.259 bits per heavy atom. The number of anilines is 3. The highest BCUT2D eigenvalue weighted by molar-refractivity contribution is 6.22. The van der Waals surface area contributed by atoms with E-state index in [2.05, 4.69) is 240 Å². The van der Waals surface area contributed by atoms with Gasteiger partial charge in [0.05, 0.1) is 16.6 Å². The van der Waals surface area contributed by atoms with Crippen LogP contribution in [0.5, 0.6) is 0 Å². The molecule has 0 aliphatic heterocycles. The van der Waals surface area contributed by atoms with Gasteiger partial charge in [-0.3, -0.25) is 0 Å². The number of hydrogen-bond donors (Lipinski definition) is 0. The molecule has 0 bridgehead atoms. The van der Waals surface area contributed by atoms with Crippen molar-refractivity contribution in [2.75, 3.05) is 4.90 Å². The number of benzene rings is 9. The van der Waals surface area contributed by atoms with Crippen LogP contribution in [0.4, 0.5) is 17.1 Å². The van der Waals surface area contributed by atoms with E-state index in [0.29, 0.717) is 0 Å². The third kappa shape index (κ3) is 5.74. The molecule has 0 spiro atoms. The van der Waals surface area contributed by atoms with Gasteiger partial charge in [0.1, 0.15) is 0 Å². The molecule has 9 aromatic carbocycles. The Balaban J connectivity index is 0.914. The van der Waals surface area contributed by atoms with Crippen LogP contribution in [0.15, 0.2) is 231 Å². The number of fused-ring (bicyclic) bond motifs is 8. The van der Waals surface area contributed by atoms with Gasteiger partial charge in [-0.25, -0.2) is 0 Å². The van der Waals surface area contributed by atoms with Crippen LogP contribution in [0.25, 0.3) is 82.6 Å². The molecule has 0 fully saturated rings. The average Bonchev–Trinajstić information content (AvgIpc) is 3.66. The van der Waals surface area contributed by atoms with E-state index in [4.69, 9.17) is 0 Å². The van der Waals surface area contributed by atoms with Gasteiger partial charge < -0.3 is 9.30 Å². The summed E-state index contributed by atoms with van der Waals surface area (Å²) in [4.78, 5) is 2.29. The average molecular weight is 739 g/mol. The summed E-state index contributed by atoms with van der Waals surface area (Å²) in [6, 6.07) is 83.4. The summed E-state index contributed by atoms with van der Waals surface area (Å²) in [6.45, 7) is 0. The fraction of sp³-hybridized carbons (Fsp3) is 0. The van der Waals surface area contributed by atoms with Crippen LogP contribution in [0, 0.1) is 0 Å². The maximum atomic E-state index is 2.47. The SMILES string of the molecule is c1ccc(-c2c3ccccc3n3c4ccccc4c4cc(-c5ccc(-c6ccc(-c7ccc(N(c8ccccc8)c8ccccc8)cc7)cc6)cc5)ccc4c23)cc1. The van der Waals surface area contributed by atoms with Gasteiger partial charge in [-0.05, 0) is 98.9 Å². The van der Waals surface area contributed by atoms with Crippen LogP contribution in [-0.2, 0) is 0 Å². The molecule has 0 radical (unpaired) electrons. The molecule has 0 aliphatic carbocycles. The second-order valence-corrected chi connectivity index (χ2v) is 14.9. The smallest absolute Gasteiger partial charge is 0.0625 e. The van der Waals surface area contributed by atoms with E-state index >= 15 is 0 Å². The van der Waals surface area contributed by atoms with Crippen molar-refractivity contribution in [1.29, 1.82) is 0 Å². The van der Waals surface area contributed by atoms with Gasteiger partial charge in [0, 0.05) is 38.8 Å². The highest BCUT2D eigenvalue weighted by Crippen LogP contribution is 2.43. The number of pyridine rings is 1. The Labute approximate surface area is 338 Å². The Morgan fingerprint density at radius 3 is 1.21 bits per heavy atom. The number of rotatable bonds is 7. The molecule has 2 aromatic heterocycles. The maximum absolute atomic E-state index is 2.47. The summed E-state index contributed by atoms with van der Waals surface area (Å²) >= 11 is 0. The van der Waals surface area contributed by atoms with Crippen LogP contribution in [0.3, 0.4) is 0 Å². The molecule has 11 aromatic rings. The van der Waals surface area contributed by atoms with Crippen molar-refractivity contribution in [1.82, 2.24) is 4.40 Å². The summed E-state index contributed by atoms with van der Waals surface area (Å²) in [5.74, 6) is 0. The maximum Gasteiger partial charge on any atom is 0.0625 e. The Morgan fingerprint density at radius 2 is 0.655 bits per heavy atom. The highest BCUT2D eigenvalue weighted by Gasteiger charge is 2.19. The number of nitrogens with zero attached hydrogens (tertiary/aromatic N) is 2. The van der Waals surface area contributed by atoms with E-state index in [-0.39, 0.29) is 0 Å². The number of hydrogen-bond acceptors (Lipinski definition) is 1. The molecule has 0 N–H and O–H groups in total. The minimum absolute atomic E-state index is 1.13. The molecule has 0 saturated carbocycles. The van der Waals surface area contributed by atoms with Crippen molar-refractivity contribution in [2.45, 2.75) is 0 Å². The zero-order chi connectivity index (χ0) is 38.4. The van der Waals surface area contributed by atoms with E-state index in [1.54, 1.807) is 0 Å². The van der Waals surface area contributed by atoms with Crippen molar-refractivity contribution in [2.24, 2.45) is 0 Å². The quantitative estimate of drug-likeness (QED) is 0.148. The fourth-order valence-corrected chi connectivity index (χ4v) is 8.81. The van der Waals surface area contributed by atoms with Gasteiger partial charge in [-0.1, -0.05) is 176 Å². The predicted octanol–water partition coefficient (Wildman–Crippen LogP) is 15.5. The first-order chi connectivity index (χ1) is 28.8. The van der Waals surface area contributed by atoms with Crippen molar-refractivity contribution in [3.63, 3.8) is 0 Å². The molecule has 11 rings (SSSR count). The Bertz CT molecular complexity index is 3180. The van der Waals surface area contributed by atoms with E-state index in [1.807, 2.05) is 0 Å². The standard InChI is InChI=1S/C56H38N2/c1-4-14-44(15-5-1)55-51-21-11-13-23-54(51)58-53-22-12-10-20-49(53)52-38-45(34-37-50(52)56(55)58)43-30-28-40(29-31-43)39-24-26-41(27-25-39)42-32-35-48(36-33-42)57(46-16-6-2-7-17-46)47-18-8-3-9-19-47/h1-38H. The lowest BCUT2D eigenvalue weighted by molar-refractivity contribution is 1.28. The lowest BCUT2D eigenvalue weighted by Crippen LogP contribution is -2.09. The monoisotopic (exact) mass is 738 g/mol. The predicted molar refractivity (Wildman–Crippen MR) is 246 cm³/mol. The van der Waals surface area contributed by atoms with Gasteiger partial charge in [-0.15, -0.1) is 0 Å². The van der Waals surface area contributed by atoms with Gasteiger partial charge >= 0.3 is 0 Å². The largest absolute Gasteiger partial charge is 0.311 e. The normalized spacial score (nSPS) is 11.4. The summed E-state index contributed by atoms with van der Waals surface area (Å²) < 4.78 is 2.47. The summed E-state index contributed by atoms with van der Waals surface area (Å²) in [5.41, 5.74) is 16.8. The third-order valence-corrected chi connectivity index (χ3v) is 11.6. The minimum atomic E-state index is 1.13. The van der Waals surface area contributed by atoms with E-state index < -0.39 is 0 Å². The van der Waals surface area contributed by atoms with E-state index in [1.165, 1.54) is 82.6 Å². The second kappa shape index (κ2) is 14.1. The van der Waals surface area contributed by atoms with Crippen LogP contribution >= 0.6 is 0 Å². The third-order valence-electron chi connectivity index (χ3n) is 11.6. The first-order valence-corrected chi connectivity index (χ1v) is 19.9. The zero-order valence-corrected chi connectivity index (χ0v) is 31.8. The lowest BCUT2D eigenvalue weighted by Gasteiger charge is -2.25. The topological polar surface area (TPSA) is 7.65 Å². The number of aromatic nitrogens is 1. The van der Waals surface area contributed by atoms with E-state index in [0.717, 1.165) is 17.1 Å². The first-order valence-electron chi connectivity index (χ1n) is 19.9. The molecule has 0 saturated heterocycles. The van der Waals surface area contributed by atoms with E-state index in [9.17, 15) is 0 Å². The van der Waals surface area contributed by atoms with Crippen LogP contribution in [-0.4, -0.2) is 4.40 Å². The summed E-state index contributed by atoms with van der Waals surface area (Å²) in [5, 5.41) is 5.05. The Hall–Kier alpha value is -7.68. The molecule has 272 valence electrons. The van der Waals surface area contributed by atoms with Crippen molar-refractivity contribution >= 4 is 55.2 Å². The molecule has 2 heterocycles. The molecule has 0 atom stereocenters. The second-order valence-electron chi connectivity index (χ2n) is 14.9. The Kier molecular flexibility index (Phi) is 8.19. The molecule has 58 heavy (non-hydrogen) atoms. The van der Waals surface area contributed by atoms with Crippen molar-refractivity contribution in [3.8, 4) is 44.5 Å². The van der Waals surface area contributed by atoms with Gasteiger partial charge in [0.25, 0.3) is 0 Å². The molecule has 2 heteroatoms. The highest BCUT2D eigenvalue weighted by atomic mass is 15.1. The zero-order valence-electron chi connectivity index (χ0n) is 31.8. The first kappa shape index (κ1) is 33.6. The molecule has 0 aliphatic rings. The van der Waals surface area contributed by atoms with Crippen molar-refractivity contribution < 1.29 is 0 Å². The number of para-hydroxylation sites is 4. The summed E-state index contributed by atoms with van der Waals surface area (Å²) in [7, 11) is 0. The van der Waals surface area contributed by atoms with Gasteiger partial charge in [0.2, 0.25) is 0 Å². The molecular formula is C56H38N2. The van der Waals surface area contributed by atoms with Crippen LogP contribution < -0.4 is 4.90 Å². The molecule has 0 amide bonds. The minimum Gasteiger partial charge on any atom is -0.311 e. The molecule has 2 nitrogen and oxygen atoms in total. The fourth-order valence-electron chi connectivity index (χ4n) is 8.81.